The molecule has 1 aromatic heterocycles. The molecule has 0 saturated heterocycles. The predicted molar refractivity (Wildman–Crippen MR) is 80.7 cm³/mol. The second-order valence-electron chi connectivity index (χ2n) is 4.89. The van der Waals surface area contributed by atoms with Crippen molar-refractivity contribution in [2.45, 2.75) is 6.92 Å². The van der Waals surface area contributed by atoms with Gasteiger partial charge >= 0.3 is 5.97 Å². The number of para-hydroxylation sites is 1. The van der Waals surface area contributed by atoms with Crippen molar-refractivity contribution >= 4 is 5.97 Å². The zero-order valence-corrected chi connectivity index (χ0v) is 11.8. The van der Waals surface area contributed by atoms with Gasteiger partial charge in [0.1, 0.15) is 11.6 Å². The lowest BCUT2D eigenvalue weighted by Gasteiger charge is -2.10. The van der Waals surface area contributed by atoms with Gasteiger partial charge in [0.05, 0.1) is 5.69 Å². The smallest absolute Gasteiger partial charge is 0.356 e. The fraction of sp³-hybridized carbons (Fsp3) is 0.0588. The number of aromatic nitrogens is 2. The Kier molecular flexibility index (Phi) is 3.47. The Morgan fingerprint density at radius 3 is 2.50 bits per heavy atom. The molecule has 0 aliphatic heterocycles. The van der Waals surface area contributed by atoms with Crippen LogP contribution < -0.4 is 0 Å². The number of nitrogens with zero attached hydrogens (tertiary/aromatic N) is 2. The average molecular weight is 296 g/mol. The highest BCUT2D eigenvalue weighted by Gasteiger charge is 2.18. The number of carboxylic acids is 1. The summed E-state index contributed by atoms with van der Waals surface area (Å²) in [4.78, 5) is 15.4. The van der Waals surface area contributed by atoms with Crippen molar-refractivity contribution in [1.29, 1.82) is 0 Å². The molecule has 1 heterocycles. The average Bonchev–Trinajstić information content (AvgIpc) is 2.93. The topological polar surface area (TPSA) is 55.1 Å². The number of hydrogen-bond donors (Lipinski definition) is 1. The highest BCUT2D eigenvalue weighted by Crippen LogP contribution is 2.26. The van der Waals surface area contributed by atoms with Gasteiger partial charge in [-0.15, -0.1) is 0 Å². The molecule has 0 aliphatic rings. The summed E-state index contributed by atoms with van der Waals surface area (Å²) in [7, 11) is 0. The predicted octanol–water partition coefficient (Wildman–Crippen LogP) is 3.69. The Hall–Kier alpha value is -2.95. The summed E-state index contributed by atoms with van der Waals surface area (Å²) < 4.78 is 15.6. The normalized spacial score (nSPS) is 10.6. The Balaban J connectivity index is 2.28. The molecule has 1 N–H and O–H groups in total. The molecule has 0 amide bonds. The maximum atomic E-state index is 14.1. The number of aromatic carboxylic acids is 1. The highest BCUT2D eigenvalue weighted by molar-refractivity contribution is 5.86. The molecule has 0 radical (unpaired) electrons. The van der Waals surface area contributed by atoms with Crippen LogP contribution in [0.5, 0.6) is 0 Å². The summed E-state index contributed by atoms with van der Waals surface area (Å²) in [6.45, 7) is 1.90. The standard InChI is InChI=1S/C17H13FN2O2/c1-11-6-2-3-7-12(11)16-19-14(17(21)22)10-20(16)15-9-5-4-8-13(15)18/h2-10H,1H3,(H,21,22). The van der Waals surface area contributed by atoms with Crippen molar-refractivity contribution in [1.82, 2.24) is 9.55 Å². The van der Waals surface area contributed by atoms with Gasteiger partial charge in [-0.3, -0.25) is 4.57 Å². The SMILES string of the molecule is Cc1ccccc1-c1nc(C(=O)O)cn1-c1ccccc1F. The first-order valence-electron chi connectivity index (χ1n) is 6.71. The number of carboxylic acid groups (broad SMARTS) is 1. The van der Waals surface area contributed by atoms with Crippen molar-refractivity contribution in [2.75, 3.05) is 0 Å². The summed E-state index contributed by atoms with van der Waals surface area (Å²) in [6, 6.07) is 13.6. The van der Waals surface area contributed by atoms with Crippen LogP contribution in [0.3, 0.4) is 0 Å². The number of benzene rings is 2. The maximum Gasteiger partial charge on any atom is 0.356 e. The first-order valence-corrected chi connectivity index (χ1v) is 6.71. The minimum absolute atomic E-state index is 0.124. The van der Waals surface area contributed by atoms with Crippen LogP contribution in [0.4, 0.5) is 4.39 Å². The van der Waals surface area contributed by atoms with Crippen molar-refractivity contribution in [3.63, 3.8) is 0 Å². The molecular formula is C17H13FN2O2. The van der Waals surface area contributed by atoms with Crippen molar-refractivity contribution in [3.8, 4) is 17.1 Å². The number of rotatable bonds is 3. The van der Waals surface area contributed by atoms with E-state index in [1.54, 1.807) is 18.2 Å². The summed E-state index contributed by atoms with van der Waals surface area (Å²) in [6.07, 6.45) is 1.34. The maximum absolute atomic E-state index is 14.1. The first-order chi connectivity index (χ1) is 10.6. The van der Waals surface area contributed by atoms with Gasteiger partial charge in [-0.2, -0.15) is 0 Å². The Bertz CT molecular complexity index is 792. The lowest BCUT2D eigenvalue weighted by molar-refractivity contribution is 0.0691. The third-order valence-electron chi connectivity index (χ3n) is 3.42. The van der Waals surface area contributed by atoms with Gasteiger partial charge in [-0.25, -0.2) is 14.2 Å². The van der Waals surface area contributed by atoms with Crippen LogP contribution in [0.15, 0.2) is 54.7 Å². The van der Waals surface area contributed by atoms with E-state index in [0.29, 0.717) is 5.82 Å². The molecule has 0 atom stereocenters. The van der Waals surface area contributed by atoms with E-state index in [-0.39, 0.29) is 11.4 Å². The van der Waals surface area contributed by atoms with E-state index in [1.165, 1.54) is 16.8 Å². The summed E-state index contributed by atoms with van der Waals surface area (Å²) in [5, 5.41) is 9.19. The molecule has 0 fully saturated rings. The van der Waals surface area contributed by atoms with Gasteiger partial charge in [-0.1, -0.05) is 36.4 Å². The van der Waals surface area contributed by atoms with E-state index in [0.717, 1.165) is 11.1 Å². The van der Waals surface area contributed by atoms with E-state index in [4.69, 9.17) is 0 Å². The molecule has 110 valence electrons. The molecule has 4 nitrogen and oxygen atoms in total. The largest absolute Gasteiger partial charge is 0.476 e. The molecule has 5 heteroatoms. The summed E-state index contributed by atoms with van der Waals surface area (Å²) >= 11 is 0. The third-order valence-corrected chi connectivity index (χ3v) is 3.42. The quantitative estimate of drug-likeness (QED) is 0.802. The van der Waals surface area contributed by atoms with Crippen LogP contribution in [0.25, 0.3) is 17.1 Å². The van der Waals surface area contributed by atoms with Crippen LogP contribution >= 0.6 is 0 Å². The van der Waals surface area contributed by atoms with Crippen LogP contribution in [0, 0.1) is 12.7 Å². The third kappa shape index (κ3) is 2.37. The van der Waals surface area contributed by atoms with E-state index in [2.05, 4.69) is 4.98 Å². The van der Waals surface area contributed by atoms with E-state index in [1.807, 2.05) is 31.2 Å². The Morgan fingerprint density at radius 1 is 1.14 bits per heavy atom. The van der Waals surface area contributed by atoms with Gasteiger partial charge < -0.3 is 5.11 Å². The molecule has 3 rings (SSSR count). The molecule has 0 bridgehead atoms. The highest BCUT2D eigenvalue weighted by atomic mass is 19.1. The number of imidazole rings is 1. The van der Waals surface area contributed by atoms with Crippen LogP contribution in [0.1, 0.15) is 16.1 Å². The van der Waals surface area contributed by atoms with Gasteiger partial charge in [0, 0.05) is 11.8 Å². The van der Waals surface area contributed by atoms with Gasteiger partial charge in [-0.05, 0) is 24.6 Å². The van der Waals surface area contributed by atoms with Crippen molar-refractivity contribution < 1.29 is 14.3 Å². The molecule has 0 aliphatic carbocycles. The number of hydrogen-bond acceptors (Lipinski definition) is 2. The molecule has 0 unspecified atom stereocenters. The minimum atomic E-state index is -1.15. The number of carbonyl (C=O) groups is 1. The molecule has 3 aromatic rings. The van der Waals surface area contributed by atoms with Crippen LogP contribution in [-0.2, 0) is 0 Å². The zero-order valence-electron chi connectivity index (χ0n) is 11.8. The second-order valence-corrected chi connectivity index (χ2v) is 4.89. The summed E-state index contributed by atoms with van der Waals surface area (Å²) in [5.74, 6) is -1.18. The van der Waals surface area contributed by atoms with Gasteiger partial charge in [0.25, 0.3) is 0 Å². The lowest BCUT2D eigenvalue weighted by atomic mass is 10.1. The van der Waals surface area contributed by atoms with E-state index in [9.17, 15) is 14.3 Å². The fourth-order valence-corrected chi connectivity index (χ4v) is 2.33. The lowest BCUT2D eigenvalue weighted by Crippen LogP contribution is -2.00. The molecule has 22 heavy (non-hydrogen) atoms. The molecule has 0 saturated carbocycles. The van der Waals surface area contributed by atoms with E-state index < -0.39 is 11.8 Å². The number of aryl methyl sites for hydroxylation is 1. The fourth-order valence-electron chi connectivity index (χ4n) is 2.33. The molecule has 2 aromatic carbocycles. The monoisotopic (exact) mass is 296 g/mol. The van der Waals surface area contributed by atoms with Crippen LogP contribution in [0.2, 0.25) is 0 Å². The van der Waals surface area contributed by atoms with Gasteiger partial charge in [0.15, 0.2) is 5.69 Å². The molecular weight excluding hydrogens is 283 g/mol. The van der Waals surface area contributed by atoms with Crippen molar-refractivity contribution in [3.05, 3.63) is 71.8 Å². The Labute approximate surface area is 126 Å². The molecule has 0 spiro atoms. The first kappa shape index (κ1) is 14.0. The number of halogens is 1. The Morgan fingerprint density at radius 2 is 1.82 bits per heavy atom. The van der Waals surface area contributed by atoms with Crippen LogP contribution in [-0.4, -0.2) is 20.6 Å². The minimum Gasteiger partial charge on any atom is -0.476 e. The second kappa shape index (κ2) is 5.44. The van der Waals surface area contributed by atoms with E-state index >= 15 is 0 Å². The summed E-state index contributed by atoms with van der Waals surface area (Å²) in [5.41, 5.74) is 1.84. The van der Waals surface area contributed by atoms with Gasteiger partial charge in [0.2, 0.25) is 0 Å². The van der Waals surface area contributed by atoms with Crippen molar-refractivity contribution in [2.24, 2.45) is 0 Å². The zero-order chi connectivity index (χ0) is 15.7.